The van der Waals surface area contributed by atoms with E-state index in [1.54, 1.807) is 12.1 Å². The largest absolute Gasteiger partial charge is 0.481 e. The number of hydrogen-bond acceptors (Lipinski definition) is 3. The van der Waals surface area contributed by atoms with Crippen molar-refractivity contribution < 1.29 is 9.53 Å². The van der Waals surface area contributed by atoms with E-state index in [1.165, 1.54) is 5.56 Å². The highest BCUT2D eigenvalue weighted by Crippen LogP contribution is 2.17. The van der Waals surface area contributed by atoms with E-state index in [9.17, 15) is 4.79 Å². The Balaban J connectivity index is 1.98. The number of amides is 1. The minimum atomic E-state index is -0.545. The van der Waals surface area contributed by atoms with E-state index in [1.807, 2.05) is 43.3 Å². The molecular formula is C20H22N2O2. The lowest BCUT2D eigenvalue weighted by molar-refractivity contribution is -0.122. The molecule has 2 aromatic carbocycles. The molecule has 0 aromatic heterocycles. The summed E-state index contributed by atoms with van der Waals surface area (Å²) in [6, 6.07) is 17.2. The molecule has 0 bridgehead atoms. The highest BCUT2D eigenvalue weighted by atomic mass is 16.5. The summed E-state index contributed by atoms with van der Waals surface area (Å²) in [7, 11) is 0. The molecule has 0 fully saturated rings. The first-order chi connectivity index (χ1) is 11.7. The van der Waals surface area contributed by atoms with Gasteiger partial charge in [-0.2, -0.15) is 5.26 Å². The summed E-state index contributed by atoms with van der Waals surface area (Å²) in [6.07, 6.45) is 1.37. The topological polar surface area (TPSA) is 62.1 Å². The molecule has 0 radical (unpaired) electrons. The summed E-state index contributed by atoms with van der Waals surface area (Å²) in [5, 5.41) is 11.5. The molecule has 0 saturated heterocycles. The summed E-state index contributed by atoms with van der Waals surface area (Å²) in [4.78, 5) is 12.4. The highest BCUT2D eigenvalue weighted by Gasteiger charge is 2.18. The van der Waals surface area contributed by atoms with Crippen LogP contribution in [-0.4, -0.2) is 12.0 Å². The van der Waals surface area contributed by atoms with Gasteiger partial charge in [0.25, 0.3) is 5.91 Å². The smallest absolute Gasteiger partial charge is 0.265 e. The molecule has 2 rings (SSSR count). The molecule has 0 aliphatic heterocycles. The third-order valence-corrected chi connectivity index (χ3v) is 3.78. The van der Waals surface area contributed by atoms with Gasteiger partial charge in [0, 0.05) is 5.69 Å². The van der Waals surface area contributed by atoms with E-state index in [0.29, 0.717) is 24.3 Å². The SMILES string of the molecule is CCc1ccc(OC(CC)C(=O)Nc2ccc(CC#N)cc2)cc1. The first kappa shape index (κ1) is 17.6. The van der Waals surface area contributed by atoms with Crippen molar-refractivity contribution in [2.45, 2.75) is 39.2 Å². The van der Waals surface area contributed by atoms with Gasteiger partial charge in [-0.25, -0.2) is 0 Å². The molecule has 124 valence electrons. The first-order valence-corrected chi connectivity index (χ1v) is 8.18. The van der Waals surface area contributed by atoms with E-state index in [4.69, 9.17) is 10.00 Å². The van der Waals surface area contributed by atoms with Gasteiger partial charge in [-0.1, -0.05) is 38.1 Å². The second-order valence-electron chi connectivity index (χ2n) is 5.53. The quantitative estimate of drug-likeness (QED) is 0.834. The molecule has 24 heavy (non-hydrogen) atoms. The van der Waals surface area contributed by atoms with Crippen molar-refractivity contribution in [1.82, 2.24) is 0 Å². The summed E-state index contributed by atoms with van der Waals surface area (Å²) in [6.45, 7) is 4.01. The zero-order valence-corrected chi connectivity index (χ0v) is 14.1. The maximum absolute atomic E-state index is 12.4. The third kappa shape index (κ3) is 4.85. The standard InChI is InChI=1S/C20H22N2O2/c1-3-15-7-11-18(12-8-15)24-19(4-2)20(23)22-17-9-5-16(6-10-17)13-14-21/h5-12,19H,3-4,13H2,1-2H3,(H,22,23). The Bertz CT molecular complexity index is 700. The molecule has 0 saturated carbocycles. The van der Waals surface area contributed by atoms with Crippen molar-refractivity contribution >= 4 is 11.6 Å². The molecule has 0 heterocycles. The van der Waals surface area contributed by atoms with E-state index in [0.717, 1.165) is 12.0 Å². The minimum Gasteiger partial charge on any atom is -0.481 e. The van der Waals surface area contributed by atoms with Crippen LogP contribution in [0.2, 0.25) is 0 Å². The number of rotatable bonds is 7. The zero-order chi connectivity index (χ0) is 17.4. The number of nitriles is 1. The molecule has 1 atom stereocenters. The Morgan fingerprint density at radius 2 is 1.71 bits per heavy atom. The summed E-state index contributed by atoms with van der Waals surface area (Å²) < 4.78 is 5.80. The maximum atomic E-state index is 12.4. The van der Waals surface area contributed by atoms with Gasteiger partial charge in [-0.05, 0) is 48.2 Å². The number of carbonyl (C=O) groups excluding carboxylic acids is 1. The van der Waals surface area contributed by atoms with Crippen LogP contribution >= 0.6 is 0 Å². The lowest BCUT2D eigenvalue weighted by atomic mass is 10.1. The molecule has 1 amide bonds. The van der Waals surface area contributed by atoms with Gasteiger partial charge in [0.2, 0.25) is 0 Å². The number of nitrogens with one attached hydrogen (secondary N) is 1. The second kappa shape index (κ2) is 8.73. The van der Waals surface area contributed by atoms with Crippen LogP contribution in [-0.2, 0) is 17.6 Å². The van der Waals surface area contributed by atoms with Gasteiger partial charge in [0.15, 0.2) is 6.10 Å². The van der Waals surface area contributed by atoms with Crippen LogP contribution in [0.1, 0.15) is 31.4 Å². The zero-order valence-electron chi connectivity index (χ0n) is 14.1. The van der Waals surface area contributed by atoms with Crippen molar-refractivity contribution in [3.05, 3.63) is 59.7 Å². The number of carbonyl (C=O) groups is 1. The van der Waals surface area contributed by atoms with Gasteiger partial charge < -0.3 is 10.1 Å². The number of aryl methyl sites for hydroxylation is 1. The lowest BCUT2D eigenvalue weighted by Gasteiger charge is -2.17. The third-order valence-electron chi connectivity index (χ3n) is 3.78. The molecule has 0 aliphatic rings. The molecule has 1 N–H and O–H groups in total. The van der Waals surface area contributed by atoms with E-state index in [-0.39, 0.29) is 5.91 Å². The molecule has 4 nitrogen and oxygen atoms in total. The average molecular weight is 322 g/mol. The number of hydrogen-bond donors (Lipinski definition) is 1. The van der Waals surface area contributed by atoms with Crippen LogP contribution < -0.4 is 10.1 Å². The Morgan fingerprint density at radius 3 is 2.25 bits per heavy atom. The predicted molar refractivity (Wildman–Crippen MR) is 94.9 cm³/mol. The Hall–Kier alpha value is -2.80. The number of anilines is 1. The van der Waals surface area contributed by atoms with E-state index < -0.39 is 6.10 Å². The Morgan fingerprint density at radius 1 is 1.08 bits per heavy atom. The lowest BCUT2D eigenvalue weighted by Crippen LogP contribution is -2.32. The fraction of sp³-hybridized carbons (Fsp3) is 0.300. The van der Waals surface area contributed by atoms with Gasteiger partial charge in [-0.15, -0.1) is 0 Å². The monoisotopic (exact) mass is 322 g/mol. The minimum absolute atomic E-state index is 0.176. The van der Waals surface area contributed by atoms with Crippen molar-refractivity contribution in [2.24, 2.45) is 0 Å². The Labute approximate surface area is 143 Å². The van der Waals surface area contributed by atoms with Crippen LogP contribution in [0.3, 0.4) is 0 Å². The van der Waals surface area contributed by atoms with E-state index in [2.05, 4.69) is 18.3 Å². The van der Waals surface area contributed by atoms with Gasteiger partial charge in [0.05, 0.1) is 12.5 Å². The average Bonchev–Trinajstić information content (AvgIpc) is 2.62. The van der Waals surface area contributed by atoms with Crippen molar-refractivity contribution in [3.63, 3.8) is 0 Å². The fourth-order valence-corrected chi connectivity index (χ4v) is 2.31. The van der Waals surface area contributed by atoms with Gasteiger partial charge >= 0.3 is 0 Å². The first-order valence-electron chi connectivity index (χ1n) is 8.18. The van der Waals surface area contributed by atoms with Crippen LogP contribution in [0.25, 0.3) is 0 Å². The maximum Gasteiger partial charge on any atom is 0.265 e. The van der Waals surface area contributed by atoms with Crippen LogP contribution in [0.4, 0.5) is 5.69 Å². The van der Waals surface area contributed by atoms with Crippen molar-refractivity contribution in [3.8, 4) is 11.8 Å². The van der Waals surface area contributed by atoms with Crippen LogP contribution in [0.15, 0.2) is 48.5 Å². The fourth-order valence-electron chi connectivity index (χ4n) is 2.31. The van der Waals surface area contributed by atoms with Crippen molar-refractivity contribution in [2.75, 3.05) is 5.32 Å². The molecule has 0 spiro atoms. The normalized spacial score (nSPS) is 11.4. The number of ether oxygens (including phenoxy) is 1. The van der Waals surface area contributed by atoms with Gasteiger partial charge in [-0.3, -0.25) is 4.79 Å². The van der Waals surface area contributed by atoms with Gasteiger partial charge in [0.1, 0.15) is 5.75 Å². The Kier molecular flexibility index (Phi) is 6.39. The van der Waals surface area contributed by atoms with Crippen LogP contribution in [0.5, 0.6) is 5.75 Å². The molecular weight excluding hydrogens is 300 g/mol. The molecule has 2 aromatic rings. The summed E-state index contributed by atoms with van der Waals surface area (Å²) in [5.41, 5.74) is 2.86. The number of benzene rings is 2. The molecule has 1 unspecified atom stereocenters. The number of nitrogens with zero attached hydrogens (tertiary/aromatic N) is 1. The van der Waals surface area contributed by atoms with Crippen LogP contribution in [0, 0.1) is 11.3 Å². The highest BCUT2D eigenvalue weighted by molar-refractivity contribution is 5.94. The molecule has 0 aliphatic carbocycles. The van der Waals surface area contributed by atoms with E-state index >= 15 is 0 Å². The second-order valence-corrected chi connectivity index (χ2v) is 5.53. The predicted octanol–water partition coefficient (Wildman–Crippen LogP) is 4.11. The van der Waals surface area contributed by atoms with Crippen molar-refractivity contribution in [1.29, 1.82) is 5.26 Å². The molecule has 4 heteroatoms. The summed E-state index contributed by atoms with van der Waals surface area (Å²) in [5.74, 6) is 0.517. The summed E-state index contributed by atoms with van der Waals surface area (Å²) >= 11 is 0.